The van der Waals surface area contributed by atoms with Crippen LogP contribution < -0.4 is 5.73 Å². The van der Waals surface area contributed by atoms with Crippen LogP contribution >= 0.6 is 15.9 Å². The third-order valence-electron chi connectivity index (χ3n) is 2.63. The van der Waals surface area contributed by atoms with Gasteiger partial charge in [0, 0.05) is 10.0 Å². The molecule has 2 rings (SSSR count). The minimum atomic E-state index is -0.164. The van der Waals surface area contributed by atoms with E-state index in [-0.39, 0.29) is 6.04 Å². The highest BCUT2D eigenvalue weighted by Gasteiger charge is 2.14. The van der Waals surface area contributed by atoms with E-state index in [9.17, 15) is 0 Å². The SMILES string of the molecule is CCC(N)c1noc(-c2ccc(Br)cc2C)n1. The average molecular weight is 296 g/mol. The summed E-state index contributed by atoms with van der Waals surface area (Å²) in [6.07, 6.45) is 0.790. The summed E-state index contributed by atoms with van der Waals surface area (Å²) in [5.74, 6) is 1.08. The first-order chi connectivity index (χ1) is 8.11. The van der Waals surface area contributed by atoms with Crippen LogP contribution in [0.5, 0.6) is 0 Å². The molecule has 17 heavy (non-hydrogen) atoms. The van der Waals surface area contributed by atoms with E-state index < -0.39 is 0 Å². The van der Waals surface area contributed by atoms with Gasteiger partial charge in [0.05, 0.1) is 6.04 Å². The molecule has 0 amide bonds. The smallest absolute Gasteiger partial charge is 0.258 e. The van der Waals surface area contributed by atoms with Crippen LogP contribution in [0.4, 0.5) is 0 Å². The zero-order chi connectivity index (χ0) is 12.4. The Balaban J connectivity index is 2.37. The van der Waals surface area contributed by atoms with Crippen molar-refractivity contribution in [2.45, 2.75) is 26.3 Å². The molecule has 90 valence electrons. The highest BCUT2D eigenvalue weighted by atomic mass is 79.9. The predicted molar refractivity (Wildman–Crippen MR) is 69.4 cm³/mol. The summed E-state index contributed by atoms with van der Waals surface area (Å²) in [4.78, 5) is 4.32. The van der Waals surface area contributed by atoms with Crippen molar-refractivity contribution in [2.75, 3.05) is 0 Å². The van der Waals surface area contributed by atoms with Crippen molar-refractivity contribution in [2.24, 2.45) is 5.73 Å². The van der Waals surface area contributed by atoms with Gasteiger partial charge in [-0.2, -0.15) is 4.98 Å². The molecular formula is C12H14BrN3O. The molecule has 0 spiro atoms. The Kier molecular flexibility index (Phi) is 3.59. The predicted octanol–water partition coefficient (Wildman–Crippen LogP) is 3.22. The number of hydrogen-bond acceptors (Lipinski definition) is 4. The first-order valence-corrected chi connectivity index (χ1v) is 6.26. The number of aryl methyl sites for hydroxylation is 1. The normalized spacial score (nSPS) is 12.7. The Labute approximate surface area is 108 Å². The molecule has 0 aliphatic carbocycles. The van der Waals surface area contributed by atoms with Gasteiger partial charge in [-0.1, -0.05) is 28.0 Å². The molecule has 1 atom stereocenters. The monoisotopic (exact) mass is 295 g/mol. The molecule has 1 unspecified atom stereocenters. The van der Waals surface area contributed by atoms with Gasteiger partial charge in [-0.25, -0.2) is 0 Å². The molecule has 1 aromatic heterocycles. The zero-order valence-corrected chi connectivity index (χ0v) is 11.4. The van der Waals surface area contributed by atoms with E-state index >= 15 is 0 Å². The summed E-state index contributed by atoms with van der Waals surface area (Å²) in [5, 5.41) is 3.90. The van der Waals surface area contributed by atoms with Gasteiger partial charge in [0.1, 0.15) is 0 Å². The van der Waals surface area contributed by atoms with Gasteiger partial charge in [0.25, 0.3) is 5.89 Å². The Hall–Kier alpha value is -1.20. The minimum Gasteiger partial charge on any atom is -0.334 e. The van der Waals surface area contributed by atoms with Crippen LogP contribution in [0.15, 0.2) is 27.2 Å². The first-order valence-electron chi connectivity index (χ1n) is 5.47. The summed E-state index contributed by atoms with van der Waals surface area (Å²) in [6, 6.07) is 5.75. The van der Waals surface area contributed by atoms with E-state index in [1.807, 2.05) is 32.0 Å². The first kappa shape index (κ1) is 12.3. The van der Waals surface area contributed by atoms with Gasteiger partial charge in [-0.05, 0) is 37.1 Å². The number of halogens is 1. The number of rotatable bonds is 3. The molecule has 0 aliphatic rings. The largest absolute Gasteiger partial charge is 0.334 e. The fraction of sp³-hybridized carbons (Fsp3) is 0.333. The van der Waals surface area contributed by atoms with Gasteiger partial charge < -0.3 is 10.3 Å². The van der Waals surface area contributed by atoms with Gasteiger partial charge in [0.2, 0.25) is 0 Å². The van der Waals surface area contributed by atoms with Gasteiger partial charge >= 0.3 is 0 Å². The topological polar surface area (TPSA) is 64.9 Å². The Bertz CT molecular complexity index is 524. The average Bonchev–Trinajstić information content (AvgIpc) is 2.77. The van der Waals surface area contributed by atoms with Crippen LogP contribution in [0.2, 0.25) is 0 Å². The van der Waals surface area contributed by atoms with Crippen molar-refractivity contribution < 1.29 is 4.52 Å². The minimum absolute atomic E-state index is 0.164. The van der Waals surface area contributed by atoms with Crippen LogP contribution in [-0.4, -0.2) is 10.1 Å². The third-order valence-corrected chi connectivity index (χ3v) is 3.13. The van der Waals surface area contributed by atoms with Crippen LogP contribution in [0.3, 0.4) is 0 Å². The van der Waals surface area contributed by atoms with E-state index in [2.05, 4.69) is 26.1 Å². The zero-order valence-electron chi connectivity index (χ0n) is 9.77. The summed E-state index contributed by atoms with van der Waals surface area (Å²) >= 11 is 3.42. The summed E-state index contributed by atoms with van der Waals surface area (Å²) in [5.41, 5.74) is 7.88. The van der Waals surface area contributed by atoms with Crippen molar-refractivity contribution in [3.8, 4) is 11.5 Å². The lowest BCUT2D eigenvalue weighted by molar-refractivity contribution is 0.415. The Morgan fingerprint density at radius 2 is 2.24 bits per heavy atom. The van der Waals surface area contributed by atoms with Crippen molar-refractivity contribution >= 4 is 15.9 Å². The van der Waals surface area contributed by atoms with Crippen LogP contribution in [-0.2, 0) is 0 Å². The Morgan fingerprint density at radius 3 is 2.88 bits per heavy atom. The molecule has 5 heteroatoms. The van der Waals surface area contributed by atoms with Crippen LogP contribution in [0.1, 0.15) is 30.8 Å². The van der Waals surface area contributed by atoms with Gasteiger partial charge in [-0.3, -0.25) is 0 Å². The van der Waals surface area contributed by atoms with E-state index in [1.54, 1.807) is 0 Å². The number of hydrogen-bond donors (Lipinski definition) is 1. The molecule has 2 N–H and O–H groups in total. The molecule has 0 saturated carbocycles. The second kappa shape index (κ2) is 4.98. The lowest BCUT2D eigenvalue weighted by atomic mass is 10.1. The summed E-state index contributed by atoms with van der Waals surface area (Å²) in [6.45, 7) is 4.00. The summed E-state index contributed by atoms with van der Waals surface area (Å²) in [7, 11) is 0. The molecule has 0 saturated heterocycles. The van der Waals surface area contributed by atoms with E-state index in [0.717, 1.165) is 22.0 Å². The lowest BCUT2D eigenvalue weighted by Crippen LogP contribution is -2.10. The van der Waals surface area contributed by atoms with Crippen molar-refractivity contribution in [1.82, 2.24) is 10.1 Å². The van der Waals surface area contributed by atoms with Gasteiger partial charge in [-0.15, -0.1) is 0 Å². The standard InChI is InChI=1S/C12H14BrN3O/c1-3-10(14)11-15-12(17-16-11)9-5-4-8(13)6-7(9)2/h4-6,10H,3,14H2,1-2H3. The van der Waals surface area contributed by atoms with E-state index in [4.69, 9.17) is 10.3 Å². The lowest BCUT2D eigenvalue weighted by Gasteiger charge is -2.01. The van der Waals surface area contributed by atoms with Crippen LogP contribution in [0.25, 0.3) is 11.5 Å². The van der Waals surface area contributed by atoms with Crippen molar-refractivity contribution in [1.29, 1.82) is 0 Å². The molecule has 0 fully saturated rings. The Morgan fingerprint density at radius 1 is 1.47 bits per heavy atom. The maximum atomic E-state index is 5.86. The van der Waals surface area contributed by atoms with E-state index in [0.29, 0.717) is 11.7 Å². The molecule has 0 aliphatic heterocycles. The summed E-state index contributed by atoms with van der Waals surface area (Å²) < 4.78 is 6.27. The number of nitrogens with two attached hydrogens (primary N) is 1. The molecule has 4 nitrogen and oxygen atoms in total. The maximum Gasteiger partial charge on any atom is 0.258 e. The third kappa shape index (κ3) is 2.56. The van der Waals surface area contributed by atoms with Crippen molar-refractivity contribution in [3.63, 3.8) is 0 Å². The second-order valence-electron chi connectivity index (χ2n) is 3.93. The van der Waals surface area contributed by atoms with Crippen LogP contribution in [0, 0.1) is 6.92 Å². The highest BCUT2D eigenvalue weighted by Crippen LogP contribution is 2.25. The highest BCUT2D eigenvalue weighted by molar-refractivity contribution is 9.10. The number of benzene rings is 1. The fourth-order valence-electron chi connectivity index (χ4n) is 1.54. The fourth-order valence-corrected chi connectivity index (χ4v) is 2.02. The number of aromatic nitrogens is 2. The second-order valence-corrected chi connectivity index (χ2v) is 4.85. The molecular weight excluding hydrogens is 282 g/mol. The van der Waals surface area contributed by atoms with E-state index in [1.165, 1.54) is 0 Å². The molecule has 0 radical (unpaired) electrons. The molecule has 1 aromatic carbocycles. The number of nitrogens with zero attached hydrogens (tertiary/aromatic N) is 2. The maximum absolute atomic E-state index is 5.86. The quantitative estimate of drug-likeness (QED) is 0.944. The molecule has 1 heterocycles. The van der Waals surface area contributed by atoms with Gasteiger partial charge in [0.15, 0.2) is 5.82 Å². The molecule has 2 aromatic rings. The van der Waals surface area contributed by atoms with Crippen molar-refractivity contribution in [3.05, 3.63) is 34.1 Å². The molecule has 0 bridgehead atoms.